The lowest BCUT2D eigenvalue weighted by Crippen LogP contribution is -2.10. The molecule has 0 spiro atoms. The van der Waals surface area contributed by atoms with Crippen molar-refractivity contribution in [2.45, 2.75) is 71.8 Å². The highest BCUT2D eigenvalue weighted by Gasteiger charge is 2.19. The zero-order chi connectivity index (χ0) is 14.5. The first-order chi connectivity index (χ1) is 9.65. The number of nitrogens with zero attached hydrogens (tertiary/aromatic N) is 2. The van der Waals surface area contributed by atoms with Crippen LogP contribution in [0.25, 0.3) is 0 Å². The molecule has 1 aromatic rings. The minimum atomic E-state index is 0.302. The van der Waals surface area contributed by atoms with Gasteiger partial charge in [-0.2, -0.15) is 5.10 Å². The Balaban J connectivity index is 1.94. The molecule has 1 aromatic heterocycles. The van der Waals surface area contributed by atoms with Gasteiger partial charge in [0.1, 0.15) is 5.78 Å². The van der Waals surface area contributed by atoms with Gasteiger partial charge in [0.25, 0.3) is 0 Å². The summed E-state index contributed by atoms with van der Waals surface area (Å²) in [6.07, 6.45) is 8.29. The second kappa shape index (κ2) is 7.26. The molecule has 2 rings (SSSR count). The van der Waals surface area contributed by atoms with Gasteiger partial charge in [0.05, 0.1) is 16.4 Å². The summed E-state index contributed by atoms with van der Waals surface area (Å²) in [4.78, 5) is 12.2. The van der Waals surface area contributed by atoms with Crippen LogP contribution in [0.2, 0.25) is 5.02 Å². The first kappa shape index (κ1) is 15.6. The van der Waals surface area contributed by atoms with Crippen molar-refractivity contribution in [3.8, 4) is 0 Å². The van der Waals surface area contributed by atoms with E-state index in [9.17, 15) is 4.79 Å². The van der Waals surface area contributed by atoms with Gasteiger partial charge in [0, 0.05) is 19.4 Å². The highest BCUT2D eigenvalue weighted by Crippen LogP contribution is 2.29. The Labute approximate surface area is 126 Å². The minimum absolute atomic E-state index is 0.302. The molecule has 1 aliphatic rings. The summed E-state index contributed by atoms with van der Waals surface area (Å²) in [5.41, 5.74) is 1.81. The molecule has 20 heavy (non-hydrogen) atoms. The number of rotatable bonds is 7. The smallest absolute Gasteiger partial charge is 0.138 e. The van der Waals surface area contributed by atoms with Gasteiger partial charge in [0.2, 0.25) is 0 Å². The average Bonchev–Trinajstić information content (AvgIpc) is 3.06. The lowest BCUT2D eigenvalue weighted by atomic mass is 9.98. The number of carbonyl (C=O) groups is 1. The molecule has 0 bridgehead atoms. The van der Waals surface area contributed by atoms with Gasteiger partial charge in [-0.15, -0.1) is 0 Å². The molecule has 1 saturated carbocycles. The van der Waals surface area contributed by atoms with E-state index in [1.165, 1.54) is 25.7 Å². The van der Waals surface area contributed by atoms with E-state index in [-0.39, 0.29) is 0 Å². The van der Waals surface area contributed by atoms with Crippen LogP contribution in [-0.4, -0.2) is 15.6 Å². The molecule has 0 aromatic carbocycles. The van der Waals surface area contributed by atoms with Gasteiger partial charge in [-0.05, 0) is 25.7 Å². The Hall–Kier alpha value is -0.830. The van der Waals surface area contributed by atoms with E-state index in [4.69, 9.17) is 11.6 Å². The van der Waals surface area contributed by atoms with Crippen LogP contribution < -0.4 is 0 Å². The van der Waals surface area contributed by atoms with E-state index in [2.05, 4.69) is 5.10 Å². The third-order valence-electron chi connectivity index (χ3n) is 4.36. The molecular weight excluding hydrogens is 272 g/mol. The summed E-state index contributed by atoms with van der Waals surface area (Å²) in [5.74, 6) is 1.08. The maximum atomic E-state index is 12.2. The number of aromatic nitrogens is 2. The van der Waals surface area contributed by atoms with E-state index in [0.29, 0.717) is 23.6 Å². The Morgan fingerprint density at radius 1 is 1.35 bits per heavy atom. The summed E-state index contributed by atoms with van der Waals surface area (Å²) in [7, 11) is 0. The number of ketones is 1. The summed E-state index contributed by atoms with van der Waals surface area (Å²) in [6.45, 7) is 4.85. The number of Topliss-reactive ketones (excluding diaryl/α,β-unsaturated/α-hetero) is 1. The predicted molar refractivity (Wildman–Crippen MR) is 82.2 cm³/mol. The number of halogens is 1. The fourth-order valence-electron chi connectivity index (χ4n) is 3.13. The molecule has 0 aliphatic heterocycles. The predicted octanol–water partition coefficient (Wildman–Crippen LogP) is 4.20. The van der Waals surface area contributed by atoms with Crippen LogP contribution in [0.5, 0.6) is 0 Å². The summed E-state index contributed by atoms with van der Waals surface area (Å²) < 4.78 is 1.88. The Bertz CT molecular complexity index is 461. The van der Waals surface area contributed by atoms with Crippen molar-refractivity contribution < 1.29 is 4.79 Å². The number of carbonyl (C=O) groups excluding carboxylic acids is 1. The molecule has 0 N–H and O–H groups in total. The summed E-state index contributed by atoms with van der Waals surface area (Å²) in [6, 6.07) is 0. The Morgan fingerprint density at radius 3 is 2.65 bits per heavy atom. The maximum Gasteiger partial charge on any atom is 0.138 e. The molecule has 0 saturated heterocycles. The van der Waals surface area contributed by atoms with Gasteiger partial charge in [-0.3, -0.25) is 9.48 Å². The standard InChI is InChI=1S/C16H25ClN2O/c1-3-14-16(17)15(19(4-2)18-14)11-13(20)10-9-12-7-5-6-8-12/h12H,3-11H2,1-2H3. The Kier molecular flexibility index (Phi) is 5.64. The van der Waals surface area contributed by atoms with Crippen LogP contribution in [-0.2, 0) is 24.2 Å². The first-order valence-electron chi connectivity index (χ1n) is 7.91. The second-order valence-electron chi connectivity index (χ2n) is 5.78. The zero-order valence-corrected chi connectivity index (χ0v) is 13.4. The van der Waals surface area contributed by atoms with Crippen LogP contribution in [0, 0.1) is 5.92 Å². The molecule has 1 fully saturated rings. The fourth-order valence-corrected chi connectivity index (χ4v) is 3.46. The summed E-state index contributed by atoms with van der Waals surface area (Å²) >= 11 is 6.34. The van der Waals surface area contributed by atoms with E-state index in [1.54, 1.807) is 0 Å². The van der Waals surface area contributed by atoms with Crippen LogP contribution in [0.1, 0.15) is 63.8 Å². The van der Waals surface area contributed by atoms with Crippen LogP contribution in [0.4, 0.5) is 0 Å². The third-order valence-corrected chi connectivity index (χ3v) is 4.80. The van der Waals surface area contributed by atoms with E-state index >= 15 is 0 Å². The zero-order valence-electron chi connectivity index (χ0n) is 12.6. The van der Waals surface area contributed by atoms with Gasteiger partial charge in [-0.1, -0.05) is 44.2 Å². The van der Waals surface area contributed by atoms with Gasteiger partial charge < -0.3 is 0 Å². The topological polar surface area (TPSA) is 34.9 Å². The van der Waals surface area contributed by atoms with Crippen molar-refractivity contribution in [3.05, 3.63) is 16.4 Å². The normalized spacial score (nSPS) is 15.9. The summed E-state index contributed by atoms with van der Waals surface area (Å²) in [5, 5.41) is 5.17. The Morgan fingerprint density at radius 2 is 2.05 bits per heavy atom. The molecule has 4 heteroatoms. The van der Waals surface area contributed by atoms with Crippen molar-refractivity contribution in [3.63, 3.8) is 0 Å². The quantitative estimate of drug-likeness (QED) is 0.756. The van der Waals surface area contributed by atoms with Gasteiger partial charge in [-0.25, -0.2) is 0 Å². The lowest BCUT2D eigenvalue weighted by Gasteiger charge is -2.08. The fraction of sp³-hybridized carbons (Fsp3) is 0.750. The average molecular weight is 297 g/mol. The molecule has 0 radical (unpaired) electrons. The van der Waals surface area contributed by atoms with Gasteiger partial charge in [0.15, 0.2) is 0 Å². The lowest BCUT2D eigenvalue weighted by molar-refractivity contribution is -0.118. The molecule has 112 valence electrons. The van der Waals surface area contributed by atoms with Crippen LogP contribution in [0.15, 0.2) is 0 Å². The molecule has 0 atom stereocenters. The monoisotopic (exact) mass is 296 g/mol. The third kappa shape index (κ3) is 3.63. The molecule has 3 nitrogen and oxygen atoms in total. The van der Waals surface area contributed by atoms with Crippen LogP contribution >= 0.6 is 11.6 Å². The molecule has 0 unspecified atom stereocenters. The van der Waals surface area contributed by atoms with Crippen molar-refractivity contribution in [1.82, 2.24) is 9.78 Å². The molecule has 1 heterocycles. The van der Waals surface area contributed by atoms with E-state index in [0.717, 1.165) is 36.7 Å². The van der Waals surface area contributed by atoms with Crippen molar-refractivity contribution in [2.75, 3.05) is 0 Å². The molecule has 0 amide bonds. The number of hydrogen-bond donors (Lipinski definition) is 0. The highest BCUT2D eigenvalue weighted by molar-refractivity contribution is 6.32. The van der Waals surface area contributed by atoms with E-state index < -0.39 is 0 Å². The maximum absolute atomic E-state index is 12.2. The largest absolute Gasteiger partial charge is 0.299 e. The number of aryl methyl sites for hydroxylation is 2. The minimum Gasteiger partial charge on any atom is -0.299 e. The van der Waals surface area contributed by atoms with Crippen LogP contribution in [0.3, 0.4) is 0 Å². The van der Waals surface area contributed by atoms with E-state index in [1.807, 2.05) is 18.5 Å². The van der Waals surface area contributed by atoms with Crippen molar-refractivity contribution in [1.29, 1.82) is 0 Å². The molecular formula is C16H25ClN2O. The SMILES string of the molecule is CCc1nn(CC)c(CC(=O)CCC2CCCC2)c1Cl. The first-order valence-corrected chi connectivity index (χ1v) is 8.29. The second-order valence-corrected chi connectivity index (χ2v) is 6.16. The number of hydrogen-bond acceptors (Lipinski definition) is 2. The highest BCUT2D eigenvalue weighted by atomic mass is 35.5. The molecule has 1 aliphatic carbocycles. The van der Waals surface area contributed by atoms with Crippen molar-refractivity contribution in [2.24, 2.45) is 5.92 Å². The van der Waals surface area contributed by atoms with Gasteiger partial charge >= 0.3 is 0 Å². The van der Waals surface area contributed by atoms with Crippen molar-refractivity contribution >= 4 is 17.4 Å².